The topological polar surface area (TPSA) is 55.4 Å². The van der Waals surface area contributed by atoms with Gasteiger partial charge in [-0.1, -0.05) is 11.6 Å². The molecule has 0 aromatic carbocycles. The Bertz CT molecular complexity index is 554. The third-order valence-electron chi connectivity index (χ3n) is 3.30. The SMILES string of the molecule is O=S(=O)(NC1CC2CCC1O2)c1cc(Cl)c(Br)s1. The van der Waals surface area contributed by atoms with Crippen molar-refractivity contribution in [1.82, 2.24) is 4.72 Å². The highest BCUT2D eigenvalue weighted by Crippen LogP contribution is 2.37. The number of sulfonamides is 1. The zero-order valence-corrected chi connectivity index (χ0v) is 13.2. The third kappa shape index (κ3) is 2.36. The lowest BCUT2D eigenvalue weighted by Crippen LogP contribution is -2.41. The van der Waals surface area contributed by atoms with Gasteiger partial charge >= 0.3 is 0 Å². The van der Waals surface area contributed by atoms with Crippen LogP contribution in [-0.2, 0) is 14.8 Å². The van der Waals surface area contributed by atoms with Crippen LogP contribution in [-0.4, -0.2) is 26.7 Å². The van der Waals surface area contributed by atoms with E-state index < -0.39 is 10.0 Å². The van der Waals surface area contributed by atoms with Gasteiger partial charge in [0.05, 0.1) is 27.1 Å². The second kappa shape index (κ2) is 4.71. The summed E-state index contributed by atoms with van der Waals surface area (Å²) in [5.74, 6) is 0. The highest BCUT2D eigenvalue weighted by atomic mass is 79.9. The molecule has 3 rings (SSSR count). The van der Waals surface area contributed by atoms with Crippen molar-refractivity contribution in [1.29, 1.82) is 0 Å². The van der Waals surface area contributed by atoms with Gasteiger partial charge in [0.2, 0.25) is 10.0 Å². The molecular formula is C10H11BrClNO3S2. The number of halogens is 2. The lowest BCUT2D eigenvalue weighted by Gasteiger charge is -2.19. The van der Waals surface area contributed by atoms with E-state index in [1.807, 2.05) is 0 Å². The molecule has 2 fully saturated rings. The summed E-state index contributed by atoms with van der Waals surface area (Å²) in [7, 11) is -3.49. The van der Waals surface area contributed by atoms with E-state index in [2.05, 4.69) is 20.7 Å². The smallest absolute Gasteiger partial charge is 0.250 e. The maximum Gasteiger partial charge on any atom is 0.250 e. The molecule has 0 amide bonds. The van der Waals surface area contributed by atoms with E-state index in [1.54, 1.807) is 0 Å². The lowest BCUT2D eigenvalue weighted by atomic mass is 9.96. The number of ether oxygens (including phenoxy) is 1. The van der Waals surface area contributed by atoms with E-state index in [1.165, 1.54) is 6.07 Å². The Hall–Kier alpha value is 0.340. The first-order valence-electron chi connectivity index (χ1n) is 5.58. The summed E-state index contributed by atoms with van der Waals surface area (Å²) in [5, 5.41) is 0.421. The number of thiophene rings is 1. The van der Waals surface area contributed by atoms with Crippen LogP contribution in [0.25, 0.3) is 0 Å². The van der Waals surface area contributed by atoms with E-state index in [4.69, 9.17) is 16.3 Å². The Morgan fingerprint density at radius 1 is 1.50 bits per heavy atom. The molecule has 0 saturated carbocycles. The second-order valence-electron chi connectivity index (χ2n) is 4.52. The fourth-order valence-corrected chi connectivity index (χ4v) is 6.17. The summed E-state index contributed by atoms with van der Waals surface area (Å²) >= 11 is 10.2. The zero-order valence-electron chi connectivity index (χ0n) is 9.23. The van der Waals surface area contributed by atoms with Crippen LogP contribution in [0.2, 0.25) is 5.02 Å². The van der Waals surface area contributed by atoms with Gasteiger partial charge in [-0.15, -0.1) is 11.3 Å². The second-order valence-corrected chi connectivity index (χ2v) is 9.24. The van der Waals surface area contributed by atoms with Crippen molar-refractivity contribution in [3.63, 3.8) is 0 Å². The minimum Gasteiger partial charge on any atom is -0.373 e. The van der Waals surface area contributed by atoms with Gasteiger partial charge in [0.1, 0.15) is 4.21 Å². The molecule has 4 nitrogen and oxygen atoms in total. The maximum absolute atomic E-state index is 12.2. The van der Waals surface area contributed by atoms with Crippen molar-refractivity contribution >= 4 is 48.9 Å². The van der Waals surface area contributed by atoms with Gasteiger partial charge in [-0.05, 0) is 41.3 Å². The van der Waals surface area contributed by atoms with E-state index in [0.717, 1.165) is 30.6 Å². The molecule has 1 N–H and O–H groups in total. The number of rotatable bonds is 3. The highest BCUT2D eigenvalue weighted by Gasteiger charge is 2.42. The average Bonchev–Trinajstić information content (AvgIpc) is 2.95. The molecule has 100 valence electrons. The predicted octanol–water partition coefficient (Wildman–Crippen LogP) is 2.76. The molecule has 0 radical (unpaired) electrons. The Labute approximate surface area is 123 Å². The lowest BCUT2D eigenvalue weighted by molar-refractivity contribution is 0.0996. The summed E-state index contributed by atoms with van der Waals surface area (Å²) in [5.41, 5.74) is 0. The normalized spacial score (nSPS) is 31.1. The van der Waals surface area contributed by atoms with Crippen LogP contribution in [0, 0.1) is 0 Å². The number of fused-ring (bicyclic) bond motifs is 2. The molecule has 2 saturated heterocycles. The first-order valence-corrected chi connectivity index (χ1v) is 9.05. The molecule has 2 bridgehead atoms. The minimum atomic E-state index is -3.49. The highest BCUT2D eigenvalue weighted by molar-refractivity contribution is 9.11. The fourth-order valence-electron chi connectivity index (χ4n) is 2.48. The number of hydrogen-bond donors (Lipinski definition) is 1. The summed E-state index contributed by atoms with van der Waals surface area (Å²) in [6, 6.07) is 1.36. The van der Waals surface area contributed by atoms with Crippen LogP contribution in [0.4, 0.5) is 0 Å². The van der Waals surface area contributed by atoms with E-state index >= 15 is 0 Å². The molecule has 2 aliphatic rings. The molecule has 8 heteroatoms. The largest absolute Gasteiger partial charge is 0.373 e. The first-order chi connectivity index (χ1) is 8.45. The Morgan fingerprint density at radius 2 is 2.28 bits per heavy atom. The summed E-state index contributed by atoms with van der Waals surface area (Å²) < 4.78 is 33.6. The van der Waals surface area contributed by atoms with E-state index in [0.29, 0.717) is 8.81 Å². The number of nitrogens with one attached hydrogen (secondary N) is 1. The standard InChI is InChI=1S/C10H11BrClNO3S2/c11-10-6(12)4-9(17-10)18(14,15)13-7-3-5-1-2-8(7)16-5/h4-5,7-8,13H,1-3H2. The van der Waals surface area contributed by atoms with Gasteiger partial charge in [0.25, 0.3) is 0 Å². The average molecular weight is 373 g/mol. The van der Waals surface area contributed by atoms with E-state index in [9.17, 15) is 8.42 Å². The Kier molecular flexibility index (Phi) is 3.49. The minimum absolute atomic E-state index is 0.0312. The van der Waals surface area contributed by atoms with Crippen LogP contribution in [0.15, 0.2) is 14.1 Å². The molecular weight excluding hydrogens is 362 g/mol. The molecule has 3 unspecified atom stereocenters. The van der Waals surface area contributed by atoms with Gasteiger partial charge in [0, 0.05) is 0 Å². The van der Waals surface area contributed by atoms with Gasteiger partial charge in [-0.2, -0.15) is 0 Å². The van der Waals surface area contributed by atoms with Gasteiger partial charge in [-0.3, -0.25) is 0 Å². The molecule has 0 aliphatic carbocycles. The molecule has 18 heavy (non-hydrogen) atoms. The molecule has 0 spiro atoms. The monoisotopic (exact) mass is 371 g/mol. The molecule has 3 atom stereocenters. The first kappa shape index (κ1) is 13.3. The molecule has 1 aromatic rings. The predicted molar refractivity (Wildman–Crippen MR) is 73.7 cm³/mol. The van der Waals surface area contributed by atoms with Crippen molar-refractivity contribution < 1.29 is 13.2 Å². The molecule has 2 aliphatic heterocycles. The van der Waals surface area contributed by atoms with E-state index in [-0.39, 0.29) is 22.5 Å². The van der Waals surface area contributed by atoms with Crippen molar-refractivity contribution in [2.24, 2.45) is 0 Å². The van der Waals surface area contributed by atoms with Crippen LogP contribution < -0.4 is 4.72 Å². The van der Waals surface area contributed by atoms with Crippen LogP contribution in [0.1, 0.15) is 19.3 Å². The van der Waals surface area contributed by atoms with Crippen molar-refractivity contribution in [3.05, 3.63) is 14.9 Å². The third-order valence-corrected chi connectivity index (χ3v) is 7.74. The fraction of sp³-hybridized carbons (Fsp3) is 0.600. The van der Waals surface area contributed by atoms with Crippen molar-refractivity contribution in [2.75, 3.05) is 0 Å². The summed E-state index contributed by atoms with van der Waals surface area (Å²) in [4.78, 5) is 0. The van der Waals surface area contributed by atoms with Gasteiger partial charge in [0.15, 0.2) is 0 Å². The van der Waals surface area contributed by atoms with Crippen LogP contribution in [0.3, 0.4) is 0 Å². The van der Waals surface area contributed by atoms with Crippen molar-refractivity contribution in [3.8, 4) is 0 Å². The molecule has 1 aromatic heterocycles. The Morgan fingerprint density at radius 3 is 2.78 bits per heavy atom. The zero-order chi connectivity index (χ0) is 12.9. The summed E-state index contributed by atoms with van der Waals surface area (Å²) in [6.45, 7) is 0. The quantitative estimate of drug-likeness (QED) is 0.887. The van der Waals surface area contributed by atoms with Gasteiger partial charge < -0.3 is 4.74 Å². The van der Waals surface area contributed by atoms with Crippen LogP contribution in [0.5, 0.6) is 0 Å². The molecule has 3 heterocycles. The summed E-state index contributed by atoms with van der Waals surface area (Å²) in [6.07, 6.45) is 3.00. The van der Waals surface area contributed by atoms with Crippen molar-refractivity contribution in [2.45, 2.75) is 41.7 Å². The Balaban J connectivity index is 1.79. The van der Waals surface area contributed by atoms with Crippen LogP contribution >= 0.6 is 38.9 Å². The number of hydrogen-bond acceptors (Lipinski definition) is 4. The van der Waals surface area contributed by atoms with Gasteiger partial charge in [-0.25, -0.2) is 13.1 Å². The maximum atomic E-state index is 12.2.